The van der Waals surface area contributed by atoms with Crippen molar-refractivity contribution in [3.63, 3.8) is 0 Å². The first kappa shape index (κ1) is 17.1. The molecule has 5 nitrogen and oxygen atoms in total. The second-order valence-corrected chi connectivity index (χ2v) is 8.37. The van der Waals surface area contributed by atoms with Crippen LogP contribution in [-0.4, -0.2) is 29.4 Å². The molecule has 2 aromatic carbocycles. The lowest BCUT2D eigenvalue weighted by Gasteiger charge is -2.41. The van der Waals surface area contributed by atoms with Gasteiger partial charge in [0.25, 0.3) is 5.91 Å². The molecule has 0 saturated heterocycles. The number of carbonyl (C=O) groups excluding carboxylic acids is 1. The number of nitrogens with zero attached hydrogens (tertiary/aromatic N) is 2. The van der Waals surface area contributed by atoms with Crippen molar-refractivity contribution >= 4 is 27.8 Å². The number of nitrogens with two attached hydrogens (primary N) is 1. The molecule has 0 saturated carbocycles. The summed E-state index contributed by atoms with van der Waals surface area (Å²) in [6, 6.07) is 14.0. The van der Waals surface area contributed by atoms with Crippen LogP contribution in [0.5, 0.6) is 5.75 Å². The average molecular weight is 414 g/mol. The molecule has 1 atom stereocenters. The van der Waals surface area contributed by atoms with Gasteiger partial charge in [-0.2, -0.15) is 0 Å². The Hall–Kier alpha value is -2.34. The van der Waals surface area contributed by atoms with Gasteiger partial charge in [-0.1, -0.05) is 34.1 Å². The molecule has 2 heterocycles. The smallest absolute Gasteiger partial charge is 0.261 e. The fourth-order valence-electron chi connectivity index (χ4n) is 3.83. The lowest BCUT2D eigenvalue weighted by molar-refractivity contribution is -0.133. The molecule has 0 aromatic heterocycles. The van der Waals surface area contributed by atoms with E-state index in [1.165, 1.54) is 4.90 Å². The van der Waals surface area contributed by atoms with Gasteiger partial charge in [-0.25, -0.2) is 4.99 Å². The van der Waals surface area contributed by atoms with Crippen molar-refractivity contribution in [2.24, 2.45) is 10.7 Å². The maximum atomic E-state index is 13.1. The molecule has 0 radical (unpaired) electrons. The SMILES string of the molecule is CN1C(=O)C2(CC(C)(C)Oc3ccc(-c4cccc(Br)c4)cc32)N=C1N. The van der Waals surface area contributed by atoms with Crippen LogP contribution < -0.4 is 10.5 Å². The van der Waals surface area contributed by atoms with Crippen LogP contribution in [-0.2, 0) is 10.3 Å². The van der Waals surface area contributed by atoms with E-state index in [-0.39, 0.29) is 11.9 Å². The van der Waals surface area contributed by atoms with E-state index in [1.807, 2.05) is 56.3 Å². The van der Waals surface area contributed by atoms with Crippen molar-refractivity contribution in [3.8, 4) is 16.9 Å². The highest BCUT2D eigenvalue weighted by molar-refractivity contribution is 9.10. The molecule has 6 heteroatoms. The predicted molar refractivity (Wildman–Crippen MR) is 105 cm³/mol. The molecular weight excluding hydrogens is 394 g/mol. The number of carbonyl (C=O) groups is 1. The zero-order chi connectivity index (χ0) is 18.7. The standard InChI is InChI=1S/C20H20BrN3O2/c1-19(2)11-20(17(25)24(3)18(22)23-20)15-10-13(7-8-16(15)26-19)12-5-4-6-14(21)9-12/h4-10H,11H2,1-3H3,(H2,22,23). The molecule has 134 valence electrons. The third kappa shape index (κ3) is 2.51. The van der Waals surface area contributed by atoms with E-state index in [9.17, 15) is 4.79 Å². The fourth-order valence-corrected chi connectivity index (χ4v) is 4.22. The highest BCUT2D eigenvalue weighted by Gasteiger charge is 2.55. The molecule has 2 aliphatic rings. The number of aliphatic imine (C=N–C) groups is 1. The summed E-state index contributed by atoms with van der Waals surface area (Å²) in [5.74, 6) is 0.811. The maximum Gasteiger partial charge on any atom is 0.261 e. The average Bonchev–Trinajstić information content (AvgIpc) is 2.78. The van der Waals surface area contributed by atoms with Gasteiger partial charge < -0.3 is 10.5 Å². The molecule has 1 spiro atoms. The molecule has 2 N–H and O–H groups in total. The van der Waals surface area contributed by atoms with Crippen molar-refractivity contribution in [1.82, 2.24) is 4.90 Å². The minimum absolute atomic E-state index is 0.112. The van der Waals surface area contributed by atoms with Crippen LogP contribution in [0.4, 0.5) is 0 Å². The predicted octanol–water partition coefficient (Wildman–Crippen LogP) is 3.66. The first-order valence-electron chi connectivity index (χ1n) is 8.45. The van der Waals surface area contributed by atoms with Gasteiger partial charge in [-0.05, 0) is 49.2 Å². The zero-order valence-electron chi connectivity index (χ0n) is 14.9. The Morgan fingerprint density at radius 1 is 1.19 bits per heavy atom. The Labute approximate surface area is 161 Å². The molecule has 1 amide bonds. The minimum Gasteiger partial charge on any atom is -0.487 e. The number of amides is 1. The van der Waals surface area contributed by atoms with Gasteiger partial charge in [0.05, 0.1) is 0 Å². The maximum absolute atomic E-state index is 13.1. The van der Waals surface area contributed by atoms with E-state index in [0.717, 1.165) is 21.2 Å². The van der Waals surface area contributed by atoms with E-state index in [1.54, 1.807) is 7.05 Å². The molecule has 0 fully saturated rings. The van der Waals surface area contributed by atoms with Gasteiger partial charge in [0.2, 0.25) is 0 Å². The number of ether oxygens (including phenoxy) is 1. The summed E-state index contributed by atoms with van der Waals surface area (Å²) in [4.78, 5) is 19.2. The monoisotopic (exact) mass is 413 g/mol. The molecule has 26 heavy (non-hydrogen) atoms. The van der Waals surface area contributed by atoms with Crippen LogP contribution in [0.1, 0.15) is 25.8 Å². The third-order valence-corrected chi connectivity index (χ3v) is 5.45. The normalized spacial score (nSPS) is 23.6. The van der Waals surface area contributed by atoms with Crippen molar-refractivity contribution in [2.45, 2.75) is 31.4 Å². The van der Waals surface area contributed by atoms with E-state index >= 15 is 0 Å². The number of benzene rings is 2. The number of halogens is 1. The van der Waals surface area contributed by atoms with E-state index < -0.39 is 11.1 Å². The first-order chi connectivity index (χ1) is 12.2. The summed E-state index contributed by atoms with van der Waals surface area (Å²) in [7, 11) is 1.66. The number of guanidine groups is 1. The van der Waals surface area contributed by atoms with Gasteiger partial charge in [0, 0.05) is 23.5 Å². The zero-order valence-corrected chi connectivity index (χ0v) is 16.5. The number of likely N-dealkylation sites (N-methyl/N-ethyl adjacent to an activating group) is 1. The number of rotatable bonds is 1. The topological polar surface area (TPSA) is 67.9 Å². The first-order valence-corrected chi connectivity index (χ1v) is 9.24. The van der Waals surface area contributed by atoms with E-state index in [0.29, 0.717) is 12.2 Å². The Bertz CT molecular complexity index is 954. The molecule has 0 bridgehead atoms. The molecule has 0 aliphatic carbocycles. The third-order valence-electron chi connectivity index (χ3n) is 4.96. The molecule has 2 aliphatic heterocycles. The summed E-state index contributed by atoms with van der Waals surface area (Å²) in [5, 5.41) is 0. The quantitative estimate of drug-likeness (QED) is 0.775. The van der Waals surface area contributed by atoms with Crippen LogP contribution in [0.3, 0.4) is 0 Å². The second kappa shape index (κ2) is 5.58. The van der Waals surface area contributed by atoms with Gasteiger partial charge in [-0.15, -0.1) is 0 Å². The molecule has 1 unspecified atom stereocenters. The van der Waals surface area contributed by atoms with Crippen molar-refractivity contribution in [1.29, 1.82) is 0 Å². The van der Waals surface area contributed by atoms with E-state index in [2.05, 4.69) is 20.9 Å². The van der Waals surface area contributed by atoms with Gasteiger partial charge in [0.1, 0.15) is 11.4 Å². The summed E-state index contributed by atoms with van der Waals surface area (Å²) >= 11 is 3.51. The lowest BCUT2D eigenvalue weighted by Crippen LogP contribution is -2.49. The number of fused-ring (bicyclic) bond motifs is 2. The molecule has 2 aromatic rings. The lowest BCUT2D eigenvalue weighted by atomic mass is 9.77. The number of hydrogen-bond acceptors (Lipinski definition) is 4. The van der Waals surface area contributed by atoms with Crippen LogP contribution in [0, 0.1) is 0 Å². The van der Waals surface area contributed by atoms with Crippen molar-refractivity contribution in [3.05, 3.63) is 52.5 Å². The van der Waals surface area contributed by atoms with Crippen molar-refractivity contribution < 1.29 is 9.53 Å². The fraction of sp³-hybridized carbons (Fsp3) is 0.300. The van der Waals surface area contributed by atoms with Crippen molar-refractivity contribution in [2.75, 3.05) is 7.05 Å². The molecule has 4 rings (SSSR count). The number of hydrogen-bond donors (Lipinski definition) is 1. The minimum atomic E-state index is -1.03. The second-order valence-electron chi connectivity index (χ2n) is 7.45. The summed E-state index contributed by atoms with van der Waals surface area (Å²) in [5.41, 5.74) is 7.28. The Morgan fingerprint density at radius 3 is 2.58 bits per heavy atom. The molecular formula is C20H20BrN3O2. The summed E-state index contributed by atoms with van der Waals surface area (Å²) < 4.78 is 7.15. The highest BCUT2D eigenvalue weighted by Crippen LogP contribution is 2.49. The van der Waals surface area contributed by atoms with Gasteiger partial charge in [0.15, 0.2) is 11.5 Å². The highest BCUT2D eigenvalue weighted by atomic mass is 79.9. The van der Waals surface area contributed by atoms with Crippen LogP contribution in [0.15, 0.2) is 51.9 Å². The summed E-state index contributed by atoms with van der Waals surface area (Å²) in [6.07, 6.45) is 0.443. The van der Waals surface area contributed by atoms with Crippen LogP contribution >= 0.6 is 15.9 Å². The van der Waals surface area contributed by atoms with Gasteiger partial charge in [-0.3, -0.25) is 9.69 Å². The van der Waals surface area contributed by atoms with Gasteiger partial charge >= 0.3 is 0 Å². The van der Waals surface area contributed by atoms with E-state index in [4.69, 9.17) is 10.5 Å². The Balaban J connectivity index is 1.93. The van der Waals surface area contributed by atoms with Crippen LogP contribution in [0.25, 0.3) is 11.1 Å². The largest absolute Gasteiger partial charge is 0.487 e. The van der Waals surface area contributed by atoms with Crippen LogP contribution in [0.2, 0.25) is 0 Å². The Kier molecular flexibility index (Phi) is 3.67. The summed E-state index contributed by atoms with van der Waals surface area (Å²) in [6.45, 7) is 3.94. The Morgan fingerprint density at radius 2 is 1.92 bits per heavy atom.